The van der Waals surface area contributed by atoms with Crippen molar-refractivity contribution in [1.29, 1.82) is 0 Å². The van der Waals surface area contributed by atoms with Crippen molar-refractivity contribution in [2.75, 3.05) is 7.11 Å². The van der Waals surface area contributed by atoms with E-state index in [-0.39, 0.29) is 0 Å². The van der Waals surface area contributed by atoms with Crippen LogP contribution in [0.15, 0.2) is 23.6 Å². The first kappa shape index (κ1) is 10.8. The number of rotatable bonds is 3. The van der Waals surface area contributed by atoms with Gasteiger partial charge in [-0.05, 0) is 25.1 Å². The number of hydrogen-bond donors (Lipinski definition) is 0. The van der Waals surface area contributed by atoms with Crippen LogP contribution in [0, 0.1) is 6.92 Å². The number of thiazole rings is 1. The summed E-state index contributed by atoms with van der Waals surface area (Å²) in [5.74, 6) is 0.589. The molecule has 0 saturated heterocycles. The predicted octanol–water partition coefficient (Wildman–Crippen LogP) is 2.94. The lowest BCUT2D eigenvalue weighted by Gasteiger charge is -2.04. The SMILES string of the molecule is COc1ccc(-c2csc(C)n2)cc1C=O. The topological polar surface area (TPSA) is 39.2 Å². The molecule has 1 heterocycles. The summed E-state index contributed by atoms with van der Waals surface area (Å²) in [6, 6.07) is 5.48. The van der Waals surface area contributed by atoms with Crippen molar-refractivity contribution < 1.29 is 9.53 Å². The predicted molar refractivity (Wildman–Crippen MR) is 64.2 cm³/mol. The van der Waals surface area contributed by atoms with E-state index in [9.17, 15) is 4.79 Å². The number of nitrogens with zero attached hydrogens (tertiary/aromatic N) is 1. The first-order valence-electron chi connectivity index (χ1n) is 4.80. The summed E-state index contributed by atoms with van der Waals surface area (Å²) in [6.45, 7) is 1.96. The van der Waals surface area contributed by atoms with Crippen molar-refractivity contribution in [1.82, 2.24) is 4.98 Å². The van der Waals surface area contributed by atoms with Crippen molar-refractivity contribution in [3.8, 4) is 17.0 Å². The molecule has 1 aromatic heterocycles. The summed E-state index contributed by atoms with van der Waals surface area (Å²) >= 11 is 1.59. The summed E-state index contributed by atoms with van der Waals surface area (Å²) in [4.78, 5) is 15.3. The molecule has 0 saturated carbocycles. The van der Waals surface area contributed by atoms with Crippen molar-refractivity contribution in [2.45, 2.75) is 6.92 Å². The largest absolute Gasteiger partial charge is 0.496 e. The maximum absolute atomic E-state index is 10.9. The molecule has 2 rings (SSSR count). The summed E-state index contributed by atoms with van der Waals surface area (Å²) in [6.07, 6.45) is 0.793. The van der Waals surface area contributed by atoms with Gasteiger partial charge < -0.3 is 4.74 Å². The number of aromatic nitrogens is 1. The van der Waals surface area contributed by atoms with Crippen molar-refractivity contribution in [3.63, 3.8) is 0 Å². The number of carbonyl (C=O) groups excluding carboxylic acids is 1. The Bertz CT molecular complexity index is 519. The zero-order chi connectivity index (χ0) is 11.5. The van der Waals surface area contributed by atoms with E-state index in [0.717, 1.165) is 22.6 Å². The Morgan fingerprint density at radius 2 is 2.25 bits per heavy atom. The molecule has 3 nitrogen and oxygen atoms in total. The van der Waals surface area contributed by atoms with Crippen LogP contribution in [0.5, 0.6) is 5.75 Å². The molecule has 0 radical (unpaired) electrons. The van der Waals surface area contributed by atoms with Crippen LogP contribution in [0.1, 0.15) is 15.4 Å². The Morgan fingerprint density at radius 3 is 2.81 bits per heavy atom. The Labute approximate surface area is 97.7 Å². The van der Waals surface area contributed by atoms with E-state index >= 15 is 0 Å². The molecular weight excluding hydrogens is 222 g/mol. The van der Waals surface area contributed by atoms with Crippen LogP contribution in [-0.2, 0) is 0 Å². The fraction of sp³-hybridized carbons (Fsp3) is 0.167. The van der Waals surface area contributed by atoms with Crippen molar-refractivity contribution in [2.24, 2.45) is 0 Å². The number of hydrogen-bond acceptors (Lipinski definition) is 4. The average Bonchev–Trinajstić information content (AvgIpc) is 2.75. The molecule has 0 aliphatic carbocycles. The Hall–Kier alpha value is -1.68. The Balaban J connectivity index is 2.47. The standard InChI is InChI=1S/C12H11NO2S/c1-8-13-11(7-16-8)9-3-4-12(15-2)10(5-9)6-14/h3-7H,1-2H3. The highest BCUT2D eigenvalue weighted by Gasteiger charge is 2.07. The number of carbonyl (C=O) groups is 1. The number of benzene rings is 1. The third-order valence-electron chi connectivity index (χ3n) is 2.27. The van der Waals surface area contributed by atoms with Gasteiger partial charge in [0.2, 0.25) is 0 Å². The van der Waals surface area contributed by atoms with Gasteiger partial charge in [0.25, 0.3) is 0 Å². The van der Waals surface area contributed by atoms with E-state index in [1.807, 2.05) is 18.4 Å². The van der Waals surface area contributed by atoms with Gasteiger partial charge in [0.1, 0.15) is 5.75 Å². The maximum Gasteiger partial charge on any atom is 0.153 e. The normalized spacial score (nSPS) is 10.1. The Morgan fingerprint density at radius 1 is 1.44 bits per heavy atom. The zero-order valence-corrected chi connectivity index (χ0v) is 9.88. The molecule has 0 aliphatic heterocycles. The molecule has 0 amide bonds. The van der Waals surface area contributed by atoms with Crippen LogP contribution in [0.2, 0.25) is 0 Å². The lowest BCUT2D eigenvalue weighted by atomic mass is 10.1. The summed E-state index contributed by atoms with van der Waals surface area (Å²) < 4.78 is 5.08. The lowest BCUT2D eigenvalue weighted by Crippen LogP contribution is -1.91. The minimum absolute atomic E-state index is 0.547. The second kappa shape index (κ2) is 4.45. The fourth-order valence-corrected chi connectivity index (χ4v) is 2.10. The van der Waals surface area contributed by atoms with Gasteiger partial charge in [0.05, 0.1) is 23.4 Å². The van der Waals surface area contributed by atoms with E-state index in [1.165, 1.54) is 0 Å². The first-order chi connectivity index (χ1) is 7.74. The van der Waals surface area contributed by atoms with Gasteiger partial charge in [-0.2, -0.15) is 0 Å². The fourth-order valence-electron chi connectivity index (χ4n) is 1.48. The first-order valence-corrected chi connectivity index (χ1v) is 5.68. The van der Waals surface area contributed by atoms with E-state index in [1.54, 1.807) is 30.6 Å². The monoisotopic (exact) mass is 233 g/mol. The molecule has 2 aromatic rings. The van der Waals surface area contributed by atoms with Crippen LogP contribution in [0.4, 0.5) is 0 Å². The van der Waals surface area contributed by atoms with Gasteiger partial charge in [-0.25, -0.2) is 4.98 Å². The minimum Gasteiger partial charge on any atom is -0.496 e. The highest BCUT2D eigenvalue weighted by Crippen LogP contribution is 2.26. The Kier molecular flexibility index (Phi) is 3.01. The molecule has 1 aromatic carbocycles. The smallest absolute Gasteiger partial charge is 0.153 e. The van der Waals surface area contributed by atoms with Gasteiger partial charge in [-0.3, -0.25) is 4.79 Å². The number of aldehydes is 1. The molecule has 0 atom stereocenters. The molecule has 16 heavy (non-hydrogen) atoms. The minimum atomic E-state index is 0.547. The van der Waals surface area contributed by atoms with Crippen LogP contribution in [0.3, 0.4) is 0 Å². The number of aryl methyl sites for hydroxylation is 1. The quantitative estimate of drug-likeness (QED) is 0.765. The second-order valence-electron chi connectivity index (χ2n) is 3.33. The van der Waals surface area contributed by atoms with Gasteiger partial charge in [0.15, 0.2) is 6.29 Å². The zero-order valence-electron chi connectivity index (χ0n) is 9.06. The van der Waals surface area contributed by atoms with E-state index in [2.05, 4.69) is 4.98 Å². The third kappa shape index (κ3) is 1.97. The molecule has 0 unspecified atom stereocenters. The van der Waals surface area contributed by atoms with Gasteiger partial charge >= 0.3 is 0 Å². The lowest BCUT2D eigenvalue weighted by molar-refractivity contribution is 0.112. The molecule has 4 heteroatoms. The molecule has 82 valence electrons. The summed E-state index contributed by atoms with van der Waals surface area (Å²) in [5.41, 5.74) is 2.38. The van der Waals surface area contributed by atoms with Gasteiger partial charge in [0, 0.05) is 10.9 Å². The molecule has 0 bridgehead atoms. The van der Waals surface area contributed by atoms with E-state index < -0.39 is 0 Å². The molecule has 0 N–H and O–H groups in total. The van der Waals surface area contributed by atoms with Crippen LogP contribution in [-0.4, -0.2) is 18.4 Å². The summed E-state index contributed by atoms with van der Waals surface area (Å²) in [7, 11) is 1.55. The van der Waals surface area contributed by atoms with Gasteiger partial charge in [-0.15, -0.1) is 11.3 Å². The molecule has 0 fully saturated rings. The number of ether oxygens (including phenoxy) is 1. The van der Waals surface area contributed by atoms with Crippen LogP contribution >= 0.6 is 11.3 Å². The molecule has 0 aliphatic rings. The second-order valence-corrected chi connectivity index (χ2v) is 4.39. The third-order valence-corrected chi connectivity index (χ3v) is 3.04. The van der Waals surface area contributed by atoms with E-state index in [0.29, 0.717) is 11.3 Å². The van der Waals surface area contributed by atoms with Crippen LogP contribution in [0.25, 0.3) is 11.3 Å². The average molecular weight is 233 g/mol. The highest BCUT2D eigenvalue weighted by molar-refractivity contribution is 7.09. The van der Waals surface area contributed by atoms with E-state index in [4.69, 9.17) is 4.74 Å². The van der Waals surface area contributed by atoms with Crippen LogP contribution < -0.4 is 4.74 Å². The van der Waals surface area contributed by atoms with Gasteiger partial charge in [-0.1, -0.05) is 0 Å². The molecule has 0 spiro atoms. The molecular formula is C12H11NO2S. The number of methoxy groups -OCH3 is 1. The maximum atomic E-state index is 10.9. The van der Waals surface area contributed by atoms with Crippen molar-refractivity contribution >= 4 is 17.6 Å². The summed E-state index contributed by atoms with van der Waals surface area (Å²) in [5, 5.41) is 2.99. The highest BCUT2D eigenvalue weighted by atomic mass is 32.1. The van der Waals surface area contributed by atoms with Crippen molar-refractivity contribution in [3.05, 3.63) is 34.2 Å².